The van der Waals surface area contributed by atoms with Crippen LogP contribution in [0.5, 0.6) is 5.75 Å². The molecule has 0 bridgehead atoms. The summed E-state index contributed by atoms with van der Waals surface area (Å²) >= 11 is 0. The van der Waals surface area contributed by atoms with Crippen LogP contribution >= 0.6 is 0 Å². The molecule has 0 unspecified atom stereocenters. The number of carbonyl (C=O) groups excluding carboxylic acids is 1. The molecule has 2 aromatic heterocycles. The molecule has 0 spiro atoms. The summed E-state index contributed by atoms with van der Waals surface area (Å²) in [6.07, 6.45) is 8.16. The predicted octanol–water partition coefficient (Wildman–Crippen LogP) is 3.80. The summed E-state index contributed by atoms with van der Waals surface area (Å²) in [6.45, 7) is 9.31. The minimum absolute atomic E-state index is 0.0480. The number of aryl methyl sites for hydroxylation is 1. The molecule has 2 saturated heterocycles. The largest absolute Gasteiger partial charge is 0.489 e. The number of piperazine rings is 1. The van der Waals surface area contributed by atoms with Gasteiger partial charge in [0.1, 0.15) is 18.0 Å². The van der Waals surface area contributed by atoms with Gasteiger partial charge in [-0.3, -0.25) is 19.1 Å². The summed E-state index contributed by atoms with van der Waals surface area (Å²) in [7, 11) is 0. The number of hydrogen-bond donors (Lipinski definition) is 2. The molecule has 0 amide bonds. The third-order valence-corrected chi connectivity index (χ3v) is 9.55. The van der Waals surface area contributed by atoms with E-state index in [9.17, 15) is 9.59 Å². The first-order valence-electron chi connectivity index (χ1n) is 15.2. The number of piperidine rings is 1. The van der Waals surface area contributed by atoms with Crippen molar-refractivity contribution in [2.75, 3.05) is 49.5 Å². The van der Waals surface area contributed by atoms with Gasteiger partial charge in [-0.25, -0.2) is 4.98 Å². The van der Waals surface area contributed by atoms with Crippen molar-refractivity contribution in [1.29, 1.82) is 0 Å². The van der Waals surface area contributed by atoms with Gasteiger partial charge in [0, 0.05) is 55.1 Å². The third kappa shape index (κ3) is 4.76. The van der Waals surface area contributed by atoms with E-state index in [0.717, 1.165) is 80.9 Å². The molecular weight excluding hydrogens is 518 g/mol. The number of ketones is 1. The van der Waals surface area contributed by atoms with Crippen LogP contribution in [0.15, 0.2) is 29.2 Å². The van der Waals surface area contributed by atoms with Crippen molar-refractivity contribution in [3.8, 4) is 5.75 Å². The highest BCUT2D eigenvalue weighted by molar-refractivity contribution is 5.99. The van der Waals surface area contributed by atoms with Crippen LogP contribution in [0.1, 0.15) is 67.4 Å². The van der Waals surface area contributed by atoms with Crippen molar-refractivity contribution in [3.05, 3.63) is 45.9 Å². The highest BCUT2D eigenvalue weighted by Crippen LogP contribution is 2.38. The van der Waals surface area contributed by atoms with Gasteiger partial charge in [0.15, 0.2) is 5.78 Å². The molecule has 1 atom stereocenters. The monoisotopic (exact) mass is 557 g/mol. The first-order valence-corrected chi connectivity index (χ1v) is 15.2. The summed E-state index contributed by atoms with van der Waals surface area (Å²) in [5.41, 5.74) is 3.22. The number of nitrogens with one attached hydrogen (secondary N) is 2. The molecule has 0 radical (unpaired) electrons. The standard InChI is InChI=1S/C31H39N7O3/c1-19-25-16-33-31(35-29(25)38(23-5-3-4-6-23)30(40)28(19)20(2)39)34-21-7-8-26-27(15-21)41-18-24-17-36(13-14-37(24)26)22-9-11-32-12-10-22/h7-8,15-16,22-24,32H,3-6,9-14,17-18H2,1-2H3,(H,33,34,35)/t24-/m1/s1. The number of aromatic nitrogens is 3. The van der Waals surface area contributed by atoms with Crippen LogP contribution in [0, 0.1) is 6.92 Å². The predicted molar refractivity (Wildman–Crippen MR) is 160 cm³/mol. The van der Waals surface area contributed by atoms with E-state index in [1.165, 1.54) is 19.8 Å². The topological polar surface area (TPSA) is 105 Å². The number of rotatable bonds is 5. The molecule has 1 aromatic carbocycles. The number of pyridine rings is 1. The van der Waals surface area contributed by atoms with Crippen LogP contribution in [0.25, 0.3) is 11.0 Å². The maximum absolute atomic E-state index is 13.5. The molecular formula is C31H39N7O3. The molecule has 1 saturated carbocycles. The number of nitrogens with zero attached hydrogens (tertiary/aromatic N) is 5. The van der Waals surface area contributed by atoms with Gasteiger partial charge in [0.05, 0.1) is 17.3 Å². The lowest BCUT2D eigenvalue weighted by Crippen LogP contribution is -2.60. The molecule has 10 nitrogen and oxygen atoms in total. The maximum Gasteiger partial charge on any atom is 0.263 e. The zero-order chi connectivity index (χ0) is 28.1. The Labute approximate surface area is 240 Å². The highest BCUT2D eigenvalue weighted by Gasteiger charge is 2.35. The minimum atomic E-state index is -0.240. The summed E-state index contributed by atoms with van der Waals surface area (Å²) in [5, 5.41) is 7.57. The summed E-state index contributed by atoms with van der Waals surface area (Å²) in [5.74, 6) is 1.07. The van der Waals surface area contributed by atoms with Gasteiger partial charge in [-0.1, -0.05) is 12.8 Å². The van der Waals surface area contributed by atoms with Gasteiger partial charge < -0.3 is 20.3 Å². The average molecular weight is 558 g/mol. The number of fused-ring (bicyclic) bond motifs is 4. The molecule has 7 rings (SSSR count). The molecule has 5 heterocycles. The smallest absolute Gasteiger partial charge is 0.263 e. The number of ether oxygens (including phenoxy) is 1. The molecule has 10 heteroatoms. The summed E-state index contributed by atoms with van der Waals surface area (Å²) in [4.78, 5) is 40.5. The van der Waals surface area contributed by atoms with Crippen LogP contribution in [-0.2, 0) is 0 Å². The Hall–Kier alpha value is -3.50. The van der Waals surface area contributed by atoms with E-state index in [2.05, 4.69) is 31.5 Å². The van der Waals surface area contributed by atoms with Gasteiger partial charge in [-0.05, 0) is 70.3 Å². The molecule has 2 N–H and O–H groups in total. The second kappa shape index (κ2) is 10.7. The van der Waals surface area contributed by atoms with Crippen molar-refractivity contribution < 1.29 is 9.53 Å². The summed E-state index contributed by atoms with van der Waals surface area (Å²) in [6, 6.07) is 7.29. The van der Waals surface area contributed by atoms with E-state index in [4.69, 9.17) is 9.72 Å². The van der Waals surface area contributed by atoms with E-state index < -0.39 is 0 Å². The Kier molecular flexibility index (Phi) is 6.90. The number of Topliss-reactive ketones (excluding diaryl/α,β-unsaturated/α-hetero) is 1. The van der Waals surface area contributed by atoms with E-state index >= 15 is 0 Å². The van der Waals surface area contributed by atoms with Gasteiger partial charge in [0.2, 0.25) is 5.95 Å². The SMILES string of the molecule is CC(=O)c1c(C)c2cnc(Nc3ccc4c(c3)OC[C@H]3CN(C5CCNCC5)CCN43)nc2n(C2CCCC2)c1=O. The van der Waals surface area contributed by atoms with Crippen molar-refractivity contribution in [3.63, 3.8) is 0 Å². The fourth-order valence-electron chi connectivity index (χ4n) is 7.41. The number of carbonyl (C=O) groups is 1. The Balaban J connectivity index is 1.15. The first kappa shape index (κ1) is 26.4. The van der Waals surface area contributed by atoms with Crippen molar-refractivity contribution >= 4 is 34.1 Å². The highest BCUT2D eigenvalue weighted by atomic mass is 16.5. The number of benzene rings is 1. The van der Waals surface area contributed by atoms with Crippen molar-refractivity contribution in [2.24, 2.45) is 0 Å². The van der Waals surface area contributed by atoms with Gasteiger partial charge >= 0.3 is 0 Å². The van der Waals surface area contributed by atoms with E-state index in [-0.39, 0.29) is 22.9 Å². The zero-order valence-corrected chi connectivity index (χ0v) is 24.0. The van der Waals surface area contributed by atoms with Gasteiger partial charge in [0.25, 0.3) is 5.56 Å². The fourth-order valence-corrected chi connectivity index (χ4v) is 7.41. The van der Waals surface area contributed by atoms with Crippen LogP contribution in [0.2, 0.25) is 0 Å². The van der Waals surface area contributed by atoms with Crippen LogP contribution in [0.3, 0.4) is 0 Å². The lowest BCUT2D eigenvalue weighted by atomic mass is 10.0. The molecule has 3 aromatic rings. The van der Waals surface area contributed by atoms with Crippen LogP contribution in [0.4, 0.5) is 17.3 Å². The van der Waals surface area contributed by atoms with E-state index in [1.807, 2.05) is 19.1 Å². The molecule has 3 aliphatic heterocycles. The molecule has 4 aliphatic rings. The Bertz CT molecular complexity index is 1540. The Morgan fingerprint density at radius 2 is 1.88 bits per heavy atom. The number of hydrogen-bond acceptors (Lipinski definition) is 9. The second-order valence-corrected chi connectivity index (χ2v) is 12.0. The van der Waals surface area contributed by atoms with Gasteiger partial charge in [-0.2, -0.15) is 4.98 Å². The zero-order valence-electron chi connectivity index (χ0n) is 24.0. The third-order valence-electron chi connectivity index (χ3n) is 9.55. The maximum atomic E-state index is 13.5. The quantitative estimate of drug-likeness (QED) is 0.454. The normalized spacial score (nSPS) is 21.9. The molecule has 41 heavy (non-hydrogen) atoms. The average Bonchev–Trinajstić information content (AvgIpc) is 3.51. The van der Waals surface area contributed by atoms with E-state index in [0.29, 0.717) is 35.8 Å². The van der Waals surface area contributed by atoms with E-state index in [1.54, 1.807) is 10.8 Å². The molecule has 1 aliphatic carbocycles. The van der Waals surface area contributed by atoms with Crippen LogP contribution < -0.4 is 25.8 Å². The van der Waals surface area contributed by atoms with Gasteiger partial charge in [-0.15, -0.1) is 0 Å². The first-order chi connectivity index (χ1) is 20.0. The second-order valence-electron chi connectivity index (χ2n) is 12.0. The lowest BCUT2D eigenvalue weighted by molar-refractivity contribution is 0.101. The Morgan fingerprint density at radius 1 is 1.07 bits per heavy atom. The molecule has 216 valence electrons. The van der Waals surface area contributed by atoms with Crippen LogP contribution in [-0.4, -0.2) is 76.6 Å². The fraction of sp³-hybridized carbons (Fsp3) is 0.548. The minimum Gasteiger partial charge on any atom is -0.489 e. The summed E-state index contributed by atoms with van der Waals surface area (Å²) < 4.78 is 8.04. The van der Waals surface area contributed by atoms with Crippen molar-refractivity contribution in [1.82, 2.24) is 24.8 Å². The molecule has 3 fully saturated rings. The number of anilines is 3. The lowest BCUT2D eigenvalue weighted by Gasteiger charge is -2.48. The van der Waals surface area contributed by atoms with Crippen molar-refractivity contribution in [2.45, 2.75) is 70.5 Å². The Morgan fingerprint density at radius 3 is 2.66 bits per heavy atom.